The maximum absolute atomic E-state index is 5.82. The Balaban J connectivity index is 2.87. The summed E-state index contributed by atoms with van der Waals surface area (Å²) in [6, 6.07) is 2.27. The lowest BCUT2D eigenvalue weighted by atomic mass is 9.92. The Morgan fingerprint density at radius 2 is 2.00 bits per heavy atom. The lowest BCUT2D eigenvalue weighted by molar-refractivity contribution is 0.312. The zero-order chi connectivity index (χ0) is 11.6. The molecule has 0 amide bonds. The third-order valence-corrected chi connectivity index (χ3v) is 5.23. The van der Waals surface area contributed by atoms with Gasteiger partial charge in [0.1, 0.15) is 0 Å². The standard InChI is InChI=1S/C11H19IOSSi/c1-11(2,3)10-8(6-9(12)14-10)7-13-15(4)5/h6,15H,7H2,1-5H3. The Morgan fingerprint density at radius 1 is 1.40 bits per heavy atom. The average molecular weight is 354 g/mol. The third-order valence-electron chi connectivity index (χ3n) is 2.03. The summed E-state index contributed by atoms with van der Waals surface area (Å²) in [7, 11) is -0.903. The summed E-state index contributed by atoms with van der Waals surface area (Å²) in [5.74, 6) is 0. The molecule has 0 saturated heterocycles. The highest BCUT2D eigenvalue weighted by Gasteiger charge is 2.21. The summed E-state index contributed by atoms with van der Waals surface area (Å²) in [6.45, 7) is 12.0. The second kappa shape index (κ2) is 5.29. The molecule has 0 spiro atoms. The van der Waals surface area contributed by atoms with Crippen molar-refractivity contribution in [1.82, 2.24) is 0 Å². The number of hydrogen-bond acceptors (Lipinski definition) is 2. The van der Waals surface area contributed by atoms with Crippen LogP contribution >= 0.6 is 33.9 Å². The van der Waals surface area contributed by atoms with Crippen LogP contribution in [-0.4, -0.2) is 9.04 Å². The van der Waals surface area contributed by atoms with Crippen LogP contribution in [0.2, 0.25) is 13.1 Å². The van der Waals surface area contributed by atoms with Gasteiger partial charge in [-0.3, -0.25) is 0 Å². The number of hydrogen-bond donors (Lipinski definition) is 0. The molecule has 0 atom stereocenters. The van der Waals surface area contributed by atoms with Crippen molar-refractivity contribution in [2.75, 3.05) is 0 Å². The summed E-state index contributed by atoms with van der Waals surface area (Å²) < 4.78 is 7.18. The summed E-state index contributed by atoms with van der Waals surface area (Å²) in [5, 5.41) is 0. The molecule has 0 saturated carbocycles. The topological polar surface area (TPSA) is 9.23 Å². The van der Waals surface area contributed by atoms with E-state index in [0.717, 1.165) is 6.61 Å². The zero-order valence-electron chi connectivity index (χ0n) is 10.1. The Morgan fingerprint density at radius 3 is 2.47 bits per heavy atom. The SMILES string of the molecule is C[SiH](C)OCc1cc(I)sc1C(C)(C)C. The molecule has 0 aliphatic carbocycles. The first-order chi connectivity index (χ1) is 6.80. The first-order valence-corrected chi connectivity index (χ1v) is 9.88. The number of halogens is 1. The van der Waals surface area contributed by atoms with Crippen molar-refractivity contribution in [1.29, 1.82) is 0 Å². The van der Waals surface area contributed by atoms with Gasteiger partial charge in [-0.2, -0.15) is 0 Å². The third kappa shape index (κ3) is 4.17. The molecule has 1 heterocycles. The fourth-order valence-electron chi connectivity index (χ4n) is 1.39. The maximum atomic E-state index is 5.82. The molecule has 0 bridgehead atoms. The van der Waals surface area contributed by atoms with Crippen LogP contribution in [-0.2, 0) is 16.4 Å². The van der Waals surface area contributed by atoms with E-state index in [1.807, 2.05) is 11.3 Å². The molecule has 0 aromatic carbocycles. The first kappa shape index (κ1) is 13.7. The second-order valence-corrected chi connectivity index (χ2v) is 10.4. The predicted octanol–water partition coefficient (Wildman–Crippen LogP) is 4.15. The fourth-order valence-corrected chi connectivity index (χ4v) is 3.89. The highest BCUT2D eigenvalue weighted by molar-refractivity contribution is 14.1. The van der Waals surface area contributed by atoms with Gasteiger partial charge in [0, 0.05) is 4.88 Å². The molecule has 1 aromatic heterocycles. The molecule has 4 heteroatoms. The van der Waals surface area contributed by atoms with E-state index >= 15 is 0 Å². The molecule has 1 aromatic rings. The summed E-state index contributed by atoms with van der Waals surface area (Å²) in [5.41, 5.74) is 1.63. The Kier molecular flexibility index (Phi) is 4.82. The minimum absolute atomic E-state index is 0.241. The molecule has 0 aliphatic heterocycles. The molecule has 15 heavy (non-hydrogen) atoms. The van der Waals surface area contributed by atoms with Crippen LogP contribution in [0.15, 0.2) is 6.07 Å². The van der Waals surface area contributed by atoms with Gasteiger partial charge in [0.25, 0.3) is 0 Å². The van der Waals surface area contributed by atoms with Gasteiger partial charge in [-0.05, 0) is 52.7 Å². The van der Waals surface area contributed by atoms with E-state index in [9.17, 15) is 0 Å². The molecular formula is C11H19IOSSi. The molecule has 1 nitrogen and oxygen atoms in total. The summed E-state index contributed by atoms with van der Waals surface area (Å²) >= 11 is 4.29. The van der Waals surface area contributed by atoms with Gasteiger partial charge in [-0.25, -0.2) is 0 Å². The van der Waals surface area contributed by atoms with Gasteiger partial charge < -0.3 is 4.43 Å². The Hall–Kier alpha value is 0.607. The van der Waals surface area contributed by atoms with Gasteiger partial charge >= 0.3 is 0 Å². The molecule has 0 N–H and O–H groups in total. The summed E-state index contributed by atoms with van der Waals surface area (Å²) in [4.78, 5) is 1.47. The van der Waals surface area contributed by atoms with Crippen LogP contribution in [0.3, 0.4) is 0 Å². The van der Waals surface area contributed by atoms with E-state index in [1.165, 1.54) is 13.3 Å². The minimum atomic E-state index is -0.903. The Labute approximate surface area is 112 Å². The van der Waals surface area contributed by atoms with E-state index in [1.54, 1.807) is 0 Å². The van der Waals surface area contributed by atoms with Crippen LogP contribution in [0.4, 0.5) is 0 Å². The average Bonchev–Trinajstić information content (AvgIpc) is 2.42. The van der Waals surface area contributed by atoms with Crippen LogP contribution in [0.5, 0.6) is 0 Å². The van der Waals surface area contributed by atoms with Crippen LogP contribution in [0, 0.1) is 2.88 Å². The van der Waals surface area contributed by atoms with E-state index in [4.69, 9.17) is 4.43 Å². The van der Waals surface area contributed by atoms with E-state index in [0.29, 0.717) is 0 Å². The van der Waals surface area contributed by atoms with Crippen molar-refractivity contribution >= 4 is 43.0 Å². The molecule has 1 rings (SSSR count). The Bertz CT molecular complexity index is 328. The lowest BCUT2D eigenvalue weighted by Gasteiger charge is -2.19. The van der Waals surface area contributed by atoms with Crippen molar-refractivity contribution in [2.45, 2.75) is 45.9 Å². The monoisotopic (exact) mass is 354 g/mol. The highest BCUT2D eigenvalue weighted by Crippen LogP contribution is 2.34. The van der Waals surface area contributed by atoms with Crippen LogP contribution < -0.4 is 0 Å². The van der Waals surface area contributed by atoms with Crippen LogP contribution in [0.25, 0.3) is 0 Å². The predicted molar refractivity (Wildman–Crippen MR) is 79.4 cm³/mol. The molecule has 0 fully saturated rings. The second-order valence-electron chi connectivity index (χ2n) is 5.01. The van der Waals surface area contributed by atoms with Crippen molar-refractivity contribution < 1.29 is 4.43 Å². The maximum Gasteiger partial charge on any atom is 0.171 e. The van der Waals surface area contributed by atoms with Gasteiger partial charge in [-0.1, -0.05) is 20.8 Å². The molecule has 0 aliphatic rings. The van der Waals surface area contributed by atoms with Crippen molar-refractivity contribution in [2.24, 2.45) is 0 Å². The van der Waals surface area contributed by atoms with Crippen molar-refractivity contribution in [3.05, 3.63) is 19.4 Å². The minimum Gasteiger partial charge on any atom is -0.416 e. The lowest BCUT2D eigenvalue weighted by Crippen LogP contribution is -2.14. The fraction of sp³-hybridized carbons (Fsp3) is 0.636. The van der Waals surface area contributed by atoms with Crippen molar-refractivity contribution in [3.63, 3.8) is 0 Å². The van der Waals surface area contributed by atoms with Gasteiger partial charge in [0.05, 0.1) is 9.49 Å². The quantitative estimate of drug-likeness (QED) is 0.585. The molecular weight excluding hydrogens is 335 g/mol. The number of thiophene rings is 1. The smallest absolute Gasteiger partial charge is 0.171 e. The van der Waals surface area contributed by atoms with Crippen molar-refractivity contribution in [3.8, 4) is 0 Å². The highest BCUT2D eigenvalue weighted by atomic mass is 127. The van der Waals surface area contributed by atoms with E-state index in [2.05, 4.69) is 62.5 Å². The molecule has 0 radical (unpaired) electrons. The van der Waals surface area contributed by atoms with Gasteiger partial charge in [0.15, 0.2) is 9.04 Å². The van der Waals surface area contributed by atoms with Gasteiger partial charge in [-0.15, -0.1) is 11.3 Å². The van der Waals surface area contributed by atoms with E-state index < -0.39 is 9.04 Å². The van der Waals surface area contributed by atoms with Crippen LogP contribution in [0.1, 0.15) is 31.2 Å². The normalized spacial score (nSPS) is 12.5. The zero-order valence-corrected chi connectivity index (χ0v) is 14.2. The van der Waals surface area contributed by atoms with Gasteiger partial charge in [0.2, 0.25) is 0 Å². The first-order valence-electron chi connectivity index (χ1n) is 5.21. The molecule has 86 valence electrons. The number of rotatable bonds is 3. The molecule has 0 unspecified atom stereocenters. The van der Waals surface area contributed by atoms with E-state index in [-0.39, 0.29) is 5.41 Å². The largest absolute Gasteiger partial charge is 0.416 e. The summed E-state index contributed by atoms with van der Waals surface area (Å²) in [6.07, 6.45) is 0.